The monoisotopic (exact) mass is 368 g/mol. The Morgan fingerprint density at radius 3 is 2.52 bits per heavy atom. The van der Waals surface area contributed by atoms with Crippen LogP contribution in [0.5, 0.6) is 0 Å². The van der Waals surface area contributed by atoms with Crippen molar-refractivity contribution in [3.63, 3.8) is 0 Å². The maximum atomic E-state index is 11.8. The van der Waals surface area contributed by atoms with E-state index in [0.717, 1.165) is 5.69 Å². The Morgan fingerprint density at radius 2 is 1.81 bits per heavy atom. The van der Waals surface area contributed by atoms with Crippen LogP contribution < -0.4 is 22.1 Å². The number of carbonyl (C=O) groups excluding carboxylic acids is 1. The van der Waals surface area contributed by atoms with Gasteiger partial charge >= 0.3 is 5.97 Å². The Labute approximate surface area is 152 Å². The number of benzene rings is 1. The summed E-state index contributed by atoms with van der Waals surface area (Å²) in [6.45, 7) is -0.0741. The molecule has 3 rings (SSSR count). The van der Waals surface area contributed by atoms with Crippen LogP contribution >= 0.6 is 0 Å². The van der Waals surface area contributed by atoms with E-state index in [4.69, 9.17) is 16.6 Å². The normalized spacial score (nSPS) is 10.5. The van der Waals surface area contributed by atoms with Gasteiger partial charge < -0.3 is 27.2 Å². The van der Waals surface area contributed by atoms with E-state index in [1.165, 1.54) is 0 Å². The van der Waals surface area contributed by atoms with Gasteiger partial charge in [0, 0.05) is 11.3 Å². The van der Waals surface area contributed by atoms with Crippen LogP contribution in [0.15, 0.2) is 30.5 Å². The summed E-state index contributed by atoms with van der Waals surface area (Å²) in [5.41, 5.74) is 13.7. The molecule has 138 valence electrons. The minimum Gasteiger partial charge on any atom is -0.480 e. The van der Waals surface area contributed by atoms with Gasteiger partial charge in [-0.1, -0.05) is 0 Å². The number of nitrogens with one attached hydrogen (secondary N) is 2. The predicted octanol–water partition coefficient (Wildman–Crippen LogP) is 0.0107. The number of aliphatic carboxylic acids is 1. The number of rotatable bonds is 6. The molecule has 0 aliphatic carbocycles. The van der Waals surface area contributed by atoms with Crippen LogP contribution in [0.4, 0.5) is 17.5 Å². The fourth-order valence-electron chi connectivity index (χ4n) is 2.26. The molecule has 11 nitrogen and oxygen atoms in total. The first kappa shape index (κ1) is 17.8. The average molecular weight is 368 g/mol. The van der Waals surface area contributed by atoms with Crippen molar-refractivity contribution in [2.75, 3.05) is 23.3 Å². The molecule has 0 aliphatic heterocycles. The molecule has 0 spiro atoms. The molecule has 7 N–H and O–H groups in total. The highest BCUT2D eigenvalue weighted by atomic mass is 16.4. The molecule has 0 saturated heterocycles. The van der Waals surface area contributed by atoms with E-state index in [1.54, 1.807) is 30.5 Å². The second-order valence-corrected chi connectivity index (χ2v) is 5.51. The minimum absolute atomic E-state index is 0.0349. The number of carboxylic acids is 1. The van der Waals surface area contributed by atoms with Crippen molar-refractivity contribution < 1.29 is 14.7 Å². The van der Waals surface area contributed by atoms with Crippen molar-refractivity contribution in [1.82, 2.24) is 25.3 Å². The number of hydrogen-bond donors (Lipinski definition) is 5. The number of aromatic nitrogens is 4. The second kappa shape index (κ2) is 7.47. The third-order valence-electron chi connectivity index (χ3n) is 3.52. The first-order chi connectivity index (χ1) is 12.9. The number of nitrogens with zero attached hydrogens (tertiary/aromatic N) is 4. The third kappa shape index (κ3) is 4.34. The van der Waals surface area contributed by atoms with Crippen LogP contribution in [0.3, 0.4) is 0 Å². The molecule has 2 aromatic heterocycles. The highest BCUT2D eigenvalue weighted by molar-refractivity contribution is 5.96. The number of anilines is 3. The highest BCUT2D eigenvalue weighted by Gasteiger charge is 2.09. The zero-order valence-electron chi connectivity index (χ0n) is 14.0. The standard InChI is InChI=1S/C16H16N8O3/c17-13-12-14(24-16(18)23-13)20-6-10(22-12)5-19-9-3-1-8(2-4-9)15(27)21-7-11(25)26/h1-4,6,19H,5,7H2,(H,21,27)(H,25,26)(H4,17,18,20,23,24). The summed E-state index contributed by atoms with van der Waals surface area (Å²) in [5, 5.41) is 14.0. The summed E-state index contributed by atoms with van der Waals surface area (Å²) in [5.74, 6) is -1.37. The van der Waals surface area contributed by atoms with Gasteiger partial charge in [0.1, 0.15) is 6.54 Å². The van der Waals surface area contributed by atoms with Gasteiger partial charge in [-0.25, -0.2) is 9.97 Å². The Kier molecular flexibility index (Phi) is 4.92. The lowest BCUT2D eigenvalue weighted by molar-refractivity contribution is -0.135. The molecule has 0 unspecified atom stereocenters. The van der Waals surface area contributed by atoms with Crippen molar-refractivity contribution in [1.29, 1.82) is 0 Å². The number of amides is 1. The first-order valence-electron chi connectivity index (χ1n) is 7.81. The first-order valence-corrected chi connectivity index (χ1v) is 7.81. The van der Waals surface area contributed by atoms with E-state index in [9.17, 15) is 9.59 Å². The molecular weight excluding hydrogens is 352 g/mol. The molecule has 3 aromatic rings. The summed E-state index contributed by atoms with van der Waals surface area (Å²) in [7, 11) is 0. The van der Waals surface area contributed by atoms with Crippen LogP contribution in [0.1, 0.15) is 16.1 Å². The molecule has 0 bridgehead atoms. The molecule has 2 heterocycles. The van der Waals surface area contributed by atoms with Crippen molar-refractivity contribution >= 4 is 40.5 Å². The second-order valence-electron chi connectivity index (χ2n) is 5.51. The van der Waals surface area contributed by atoms with Gasteiger partial charge in [-0.15, -0.1) is 0 Å². The highest BCUT2D eigenvalue weighted by Crippen LogP contribution is 2.16. The maximum absolute atomic E-state index is 11.8. The quantitative estimate of drug-likeness (QED) is 0.397. The largest absolute Gasteiger partial charge is 0.480 e. The van der Waals surface area contributed by atoms with Gasteiger partial charge in [0.25, 0.3) is 5.91 Å². The fraction of sp³-hybridized carbons (Fsp3) is 0.125. The molecule has 27 heavy (non-hydrogen) atoms. The zero-order valence-corrected chi connectivity index (χ0v) is 14.0. The lowest BCUT2D eigenvalue weighted by Crippen LogP contribution is -2.29. The van der Waals surface area contributed by atoms with Gasteiger partial charge in [0.15, 0.2) is 17.0 Å². The van der Waals surface area contributed by atoms with E-state index in [1.807, 2.05) is 0 Å². The van der Waals surface area contributed by atoms with Crippen LogP contribution in [0.2, 0.25) is 0 Å². The van der Waals surface area contributed by atoms with Crippen LogP contribution in [-0.2, 0) is 11.3 Å². The van der Waals surface area contributed by atoms with E-state index in [-0.39, 0.29) is 11.8 Å². The predicted molar refractivity (Wildman–Crippen MR) is 97.7 cm³/mol. The fourth-order valence-corrected chi connectivity index (χ4v) is 2.26. The molecule has 0 fully saturated rings. The van der Waals surface area contributed by atoms with Gasteiger partial charge in [0.05, 0.1) is 18.4 Å². The number of nitrogens with two attached hydrogens (primary N) is 2. The number of hydrogen-bond acceptors (Lipinski definition) is 9. The van der Waals surface area contributed by atoms with Crippen molar-refractivity contribution in [2.24, 2.45) is 0 Å². The lowest BCUT2D eigenvalue weighted by atomic mass is 10.2. The van der Waals surface area contributed by atoms with Gasteiger partial charge in [-0.05, 0) is 24.3 Å². The van der Waals surface area contributed by atoms with Crippen LogP contribution in [0, 0.1) is 0 Å². The van der Waals surface area contributed by atoms with Crippen LogP contribution in [-0.4, -0.2) is 43.5 Å². The lowest BCUT2D eigenvalue weighted by Gasteiger charge is -2.08. The van der Waals surface area contributed by atoms with E-state index >= 15 is 0 Å². The van der Waals surface area contributed by atoms with Crippen molar-refractivity contribution in [2.45, 2.75) is 6.54 Å². The Hall–Kier alpha value is -4.02. The number of fused-ring (bicyclic) bond motifs is 1. The van der Waals surface area contributed by atoms with Crippen molar-refractivity contribution in [3.8, 4) is 0 Å². The Morgan fingerprint density at radius 1 is 1.07 bits per heavy atom. The average Bonchev–Trinajstić information content (AvgIpc) is 2.65. The molecule has 0 saturated carbocycles. The Bertz CT molecular complexity index is 1010. The molecular formula is C16H16N8O3. The SMILES string of the molecule is Nc1nc(N)c2nc(CNc3ccc(C(=O)NCC(=O)O)cc3)cnc2n1. The molecule has 0 radical (unpaired) electrons. The number of carboxylic acid groups (broad SMARTS) is 1. The minimum atomic E-state index is -1.10. The summed E-state index contributed by atoms with van der Waals surface area (Å²) >= 11 is 0. The summed E-state index contributed by atoms with van der Waals surface area (Å²) in [4.78, 5) is 38.6. The third-order valence-corrected chi connectivity index (χ3v) is 3.52. The Balaban J connectivity index is 1.65. The van der Waals surface area contributed by atoms with Crippen molar-refractivity contribution in [3.05, 3.63) is 41.7 Å². The smallest absolute Gasteiger partial charge is 0.322 e. The van der Waals surface area contributed by atoms with E-state index < -0.39 is 18.4 Å². The van der Waals surface area contributed by atoms with Gasteiger partial charge in [-0.2, -0.15) is 9.97 Å². The molecule has 0 aliphatic rings. The number of carbonyl (C=O) groups is 2. The summed E-state index contributed by atoms with van der Waals surface area (Å²) < 4.78 is 0. The van der Waals surface area contributed by atoms with E-state index in [0.29, 0.717) is 29.0 Å². The van der Waals surface area contributed by atoms with Gasteiger partial charge in [-0.3, -0.25) is 9.59 Å². The van der Waals surface area contributed by atoms with Gasteiger partial charge in [0.2, 0.25) is 5.95 Å². The van der Waals surface area contributed by atoms with Crippen LogP contribution in [0.25, 0.3) is 11.2 Å². The molecule has 1 amide bonds. The topological polar surface area (TPSA) is 182 Å². The summed E-state index contributed by atoms with van der Waals surface area (Å²) in [6.07, 6.45) is 1.55. The maximum Gasteiger partial charge on any atom is 0.322 e. The zero-order chi connectivity index (χ0) is 19.4. The molecule has 1 aromatic carbocycles. The summed E-state index contributed by atoms with van der Waals surface area (Å²) in [6, 6.07) is 6.56. The molecule has 11 heteroatoms. The number of nitrogen functional groups attached to an aromatic ring is 2. The van der Waals surface area contributed by atoms with E-state index in [2.05, 4.69) is 30.6 Å². The molecule has 0 atom stereocenters.